The number of halogens is 2. The summed E-state index contributed by atoms with van der Waals surface area (Å²) in [5, 5.41) is 4.35. The molecule has 0 N–H and O–H groups in total. The monoisotopic (exact) mass is 384 g/mol. The largest absolute Gasteiger partial charge is 0.353 e. The molecule has 28 heavy (non-hydrogen) atoms. The van der Waals surface area contributed by atoms with E-state index in [0.717, 1.165) is 23.6 Å². The number of nitrogens with zero attached hydrogens (tertiary/aromatic N) is 6. The molecule has 1 aromatic carbocycles. The van der Waals surface area contributed by atoms with Gasteiger partial charge in [0.1, 0.15) is 12.1 Å². The molecule has 0 atom stereocenters. The van der Waals surface area contributed by atoms with Gasteiger partial charge in [0.15, 0.2) is 17.5 Å². The maximum atomic E-state index is 13.4. The number of anilines is 1. The topological polar surface area (TPSA) is 67.2 Å². The molecule has 0 aliphatic carbocycles. The highest BCUT2D eigenvalue weighted by Gasteiger charge is 2.24. The van der Waals surface area contributed by atoms with Crippen molar-refractivity contribution in [3.05, 3.63) is 65.7 Å². The minimum atomic E-state index is -1.02. The van der Waals surface area contributed by atoms with E-state index in [1.165, 1.54) is 12.4 Å². The molecule has 2 aromatic heterocycles. The highest BCUT2D eigenvalue weighted by molar-refractivity contribution is 5.94. The van der Waals surface area contributed by atoms with Gasteiger partial charge in [-0.1, -0.05) is 0 Å². The fourth-order valence-corrected chi connectivity index (χ4v) is 3.13. The molecule has 1 fully saturated rings. The minimum absolute atomic E-state index is 0.144. The van der Waals surface area contributed by atoms with Crippen molar-refractivity contribution in [1.29, 1.82) is 0 Å². The van der Waals surface area contributed by atoms with Crippen LogP contribution in [0.2, 0.25) is 0 Å². The van der Waals surface area contributed by atoms with Crippen molar-refractivity contribution in [3.63, 3.8) is 0 Å². The third-order valence-electron chi connectivity index (χ3n) is 4.65. The highest BCUT2D eigenvalue weighted by atomic mass is 19.2. The summed E-state index contributed by atoms with van der Waals surface area (Å²) in [6.45, 7) is 3.96. The van der Waals surface area contributed by atoms with Gasteiger partial charge in [-0.2, -0.15) is 5.10 Å². The Balaban J connectivity index is 1.44. The Bertz CT molecular complexity index is 1010. The first kappa shape index (κ1) is 18.0. The smallest absolute Gasteiger partial charge is 0.254 e. The van der Waals surface area contributed by atoms with Gasteiger partial charge in [-0.25, -0.2) is 23.4 Å². The molecule has 0 saturated carbocycles. The van der Waals surface area contributed by atoms with Gasteiger partial charge in [-0.3, -0.25) is 4.79 Å². The molecule has 1 aliphatic rings. The van der Waals surface area contributed by atoms with E-state index < -0.39 is 11.6 Å². The zero-order valence-electron chi connectivity index (χ0n) is 15.2. The van der Waals surface area contributed by atoms with Gasteiger partial charge in [0.05, 0.1) is 5.69 Å². The molecule has 0 radical (unpaired) electrons. The molecule has 0 bridgehead atoms. The average Bonchev–Trinajstić information content (AvgIpc) is 3.16. The molecule has 4 rings (SSSR count). The van der Waals surface area contributed by atoms with Crippen LogP contribution in [0.5, 0.6) is 0 Å². The predicted molar refractivity (Wildman–Crippen MR) is 98.4 cm³/mol. The highest BCUT2D eigenvalue weighted by Crippen LogP contribution is 2.18. The Morgan fingerprint density at radius 1 is 0.964 bits per heavy atom. The fraction of sp³-hybridized carbons (Fsp3) is 0.263. The first-order valence-corrected chi connectivity index (χ1v) is 8.85. The normalized spacial score (nSPS) is 14.4. The van der Waals surface area contributed by atoms with Gasteiger partial charge in [-0.15, -0.1) is 0 Å². The van der Waals surface area contributed by atoms with Gasteiger partial charge >= 0.3 is 0 Å². The number of aromatic nitrogens is 4. The van der Waals surface area contributed by atoms with Gasteiger partial charge in [0.2, 0.25) is 0 Å². The van der Waals surface area contributed by atoms with Crippen LogP contribution >= 0.6 is 0 Å². The van der Waals surface area contributed by atoms with Crippen LogP contribution in [0.4, 0.5) is 14.6 Å². The molecule has 0 spiro atoms. The number of amides is 1. The van der Waals surface area contributed by atoms with E-state index in [1.807, 2.05) is 25.3 Å². The summed E-state index contributed by atoms with van der Waals surface area (Å²) in [7, 11) is 0. The quantitative estimate of drug-likeness (QED) is 0.693. The Labute approximate surface area is 160 Å². The molecular weight excluding hydrogens is 366 g/mol. The van der Waals surface area contributed by atoms with Crippen molar-refractivity contribution in [3.8, 4) is 5.82 Å². The second-order valence-corrected chi connectivity index (χ2v) is 6.54. The van der Waals surface area contributed by atoms with Crippen LogP contribution in [0.25, 0.3) is 5.82 Å². The van der Waals surface area contributed by atoms with Crippen LogP contribution in [0, 0.1) is 18.6 Å². The number of aryl methyl sites for hydroxylation is 1. The number of carbonyl (C=O) groups excluding carboxylic acids is 1. The molecule has 3 heterocycles. The van der Waals surface area contributed by atoms with E-state index in [2.05, 4.69) is 20.0 Å². The SMILES string of the molecule is Cc1ccn(-c2cc(N3CCN(C(=O)c4ccc(F)c(F)c4)CC3)ncn2)n1. The standard InChI is InChI=1S/C19H18F2N6O/c1-13-4-5-27(24-13)18-11-17(22-12-23-18)25-6-8-26(9-7-25)19(28)14-2-3-15(20)16(21)10-14/h2-5,10-12H,6-9H2,1H3. The second-order valence-electron chi connectivity index (χ2n) is 6.54. The van der Waals surface area contributed by atoms with Crippen molar-refractivity contribution in [2.45, 2.75) is 6.92 Å². The van der Waals surface area contributed by atoms with Gasteiger partial charge in [0, 0.05) is 44.0 Å². The molecule has 9 heteroatoms. The lowest BCUT2D eigenvalue weighted by atomic mass is 10.1. The molecule has 3 aromatic rings. The first-order chi connectivity index (χ1) is 13.5. The van der Waals surface area contributed by atoms with E-state index in [-0.39, 0.29) is 11.5 Å². The number of carbonyl (C=O) groups is 1. The third-order valence-corrected chi connectivity index (χ3v) is 4.65. The molecule has 1 saturated heterocycles. The zero-order chi connectivity index (χ0) is 19.7. The Morgan fingerprint density at radius 3 is 2.39 bits per heavy atom. The van der Waals surface area contributed by atoms with E-state index >= 15 is 0 Å². The maximum Gasteiger partial charge on any atom is 0.254 e. The summed E-state index contributed by atoms with van der Waals surface area (Å²) in [5.41, 5.74) is 1.04. The average molecular weight is 384 g/mol. The summed E-state index contributed by atoms with van der Waals surface area (Å²) in [6, 6.07) is 6.95. The third kappa shape index (κ3) is 3.55. The summed E-state index contributed by atoms with van der Waals surface area (Å²) >= 11 is 0. The van der Waals surface area contributed by atoms with Crippen molar-refractivity contribution < 1.29 is 13.6 Å². The Kier molecular flexibility index (Phi) is 4.72. The number of piperazine rings is 1. The lowest BCUT2D eigenvalue weighted by Crippen LogP contribution is -2.49. The lowest BCUT2D eigenvalue weighted by molar-refractivity contribution is 0.0746. The molecular formula is C19H18F2N6O. The van der Waals surface area contributed by atoms with Crippen molar-refractivity contribution in [2.24, 2.45) is 0 Å². The summed E-state index contributed by atoms with van der Waals surface area (Å²) in [6.07, 6.45) is 3.32. The minimum Gasteiger partial charge on any atom is -0.353 e. The number of rotatable bonds is 3. The van der Waals surface area contributed by atoms with Crippen LogP contribution in [0.15, 0.2) is 42.9 Å². The van der Waals surface area contributed by atoms with Crippen molar-refractivity contribution in [1.82, 2.24) is 24.6 Å². The Hall–Kier alpha value is -3.36. The fourth-order valence-electron chi connectivity index (χ4n) is 3.13. The van der Waals surface area contributed by atoms with E-state index in [4.69, 9.17) is 0 Å². The number of hydrogen-bond donors (Lipinski definition) is 0. The predicted octanol–water partition coefficient (Wildman–Crippen LogP) is 2.21. The summed E-state index contributed by atoms with van der Waals surface area (Å²) < 4.78 is 28.2. The van der Waals surface area contributed by atoms with Crippen LogP contribution in [-0.2, 0) is 0 Å². The lowest BCUT2D eigenvalue weighted by Gasteiger charge is -2.35. The van der Waals surface area contributed by atoms with Crippen LogP contribution in [-0.4, -0.2) is 56.7 Å². The van der Waals surface area contributed by atoms with Crippen LogP contribution in [0.3, 0.4) is 0 Å². The molecule has 144 valence electrons. The van der Waals surface area contributed by atoms with E-state index in [0.29, 0.717) is 32.0 Å². The van der Waals surface area contributed by atoms with Crippen molar-refractivity contribution >= 4 is 11.7 Å². The number of hydrogen-bond acceptors (Lipinski definition) is 5. The van der Waals surface area contributed by atoms with Gasteiger partial charge in [-0.05, 0) is 31.2 Å². The first-order valence-electron chi connectivity index (χ1n) is 8.85. The molecule has 1 amide bonds. The van der Waals surface area contributed by atoms with Crippen LogP contribution < -0.4 is 4.90 Å². The van der Waals surface area contributed by atoms with E-state index in [9.17, 15) is 13.6 Å². The Morgan fingerprint density at radius 2 is 1.71 bits per heavy atom. The molecule has 7 nitrogen and oxygen atoms in total. The number of benzene rings is 1. The molecule has 0 unspecified atom stereocenters. The van der Waals surface area contributed by atoms with Gasteiger partial charge < -0.3 is 9.80 Å². The zero-order valence-corrected chi connectivity index (χ0v) is 15.2. The summed E-state index contributed by atoms with van der Waals surface area (Å²) in [4.78, 5) is 24.8. The second kappa shape index (κ2) is 7.34. The maximum absolute atomic E-state index is 13.4. The van der Waals surface area contributed by atoms with Crippen molar-refractivity contribution in [2.75, 3.05) is 31.1 Å². The molecule has 1 aliphatic heterocycles. The van der Waals surface area contributed by atoms with Gasteiger partial charge in [0.25, 0.3) is 5.91 Å². The van der Waals surface area contributed by atoms with Crippen LogP contribution in [0.1, 0.15) is 16.1 Å². The van der Waals surface area contributed by atoms with E-state index in [1.54, 1.807) is 9.58 Å². The summed E-state index contributed by atoms with van der Waals surface area (Å²) in [5.74, 6) is -0.884.